The molecular weight excluding hydrogens is 634 g/mol. The molecule has 2 unspecified atom stereocenters. The van der Waals surface area contributed by atoms with Crippen LogP contribution in [-0.2, 0) is 25.5 Å². The minimum Gasteiger partial charge on any atom is -0.497 e. The third-order valence-electron chi connectivity index (χ3n) is 8.84. The standard InChI is InChI=1S/C39H53N5O6/c1-27-20-23-43(24-21-27)35(46)33(29-16-18-31(49-7)19-17-29)44-25-22-30(26-44)40-34(45)32(15-11-14-28-12-9-8-10-13-28)41-36(47)39(5,6)42-37(48)50-38(2,3)4/h8-10,12-13,16-19,22,25-27,32-33H,11,14-15,20-21,23-24H2,1-7H3,(H,40,45)(H,41,47)(H,42,48). The van der Waals surface area contributed by atoms with E-state index in [-0.39, 0.29) is 5.91 Å². The molecule has 50 heavy (non-hydrogen) atoms. The number of alkyl carbamates (subject to hydrolysis) is 1. The molecule has 2 atom stereocenters. The van der Waals surface area contributed by atoms with E-state index in [0.29, 0.717) is 43.3 Å². The number of rotatable bonds is 13. The van der Waals surface area contributed by atoms with E-state index in [1.807, 2.05) is 64.1 Å². The first-order valence-electron chi connectivity index (χ1n) is 17.4. The summed E-state index contributed by atoms with van der Waals surface area (Å²) in [4.78, 5) is 55.7. The summed E-state index contributed by atoms with van der Waals surface area (Å²) in [5.74, 6) is 0.321. The number of methoxy groups -OCH3 is 1. The molecule has 0 aliphatic carbocycles. The molecule has 11 nitrogen and oxygen atoms in total. The molecule has 2 aromatic carbocycles. The van der Waals surface area contributed by atoms with Gasteiger partial charge in [0.05, 0.1) is 12.8 Å². The van der Waals surface area contributed by atoms with Crippen molar-refractivity contribution in [2.24, 2.45) is 5.92 Å². The second kappa shape index (κ2) is 16.7. The maximum absolute atomic E-state index is 14.0. The Labute approximate surface area is 296 Å². The van der Waals surface area contributed by atoms with E-state index in [9.17, 15) is 19.2 Å². The van der Waals surface area contributed by atoms with Gasteiger partial charge < -0.3 is 34.9 Å². The van der Waals surface area contributed by atoms with Crippen molar-refractivity contribution in [2.45, 2.75) is 96.9 Å². The molecule has 11 heteroatoms. The van der Waals surface area contributed by atoms with Gasteiger partial charge in [-0.05, 0) is 102 Å². The number of hydrogen-bond acceptors (Lipinski definition) is 6. The lowest BCUT2D eigenvalue weighted by Gasteiger charge is -2.33. The molecule has 3 N–H and O–H groups in total. The van der Waals surface area contributed by atoms with Gasteiger partial charge in [-0.25, -0.2) is 4.79 Å². The molecule has 1 fully saturated rings. The van der Waals surface area contributed by atoms with Crippen LogP contribution in [0, 0.1) is 5.92 Å². The Morgan fingerprint density at radius 2 is 1.58 bits per heavy atom. The quantitative estimate of drug-likeness (QED) is 0.199. The number of carbonyl (C=O) groups is 4. The van der Waals surface area contributed by atoms with E-state index < -0.39 is 41.1 Å². The van der Waals surface area contributed by atoms with E-state index in [4.69, 9.17) is 9.47 Å². The van der Waals surface area contributed by atoms with Crippen molar-refractivity contribution in [2.75, 3.05) is 25.5 Å². The summed E-state index contributed by atoms with van der Waals surface area (Å²) >= 11 is 0. The molecule has 1 aliphatic rings. The number of carbonyl (C=O) groups excluding carboxylic acids is 4. The summed E-state index contributed by atoms with van der Waals surface area (Å²) in [6, 6.07) is 17.6. The average Bonchev–Trinajstić information content (AvgIpc) is 3.51. The van der Waals surface area contributed by atoms with E-state index >= 15 is 0 Å². The van der Waals surface area contributed by atoms with Crippen LogP contribution >= 0.6 is 0 Å². The van der Waals surface area contributed by atoms with E-state index in [1.54, 1.807) is 60.2 Å². The van der Waals surface area contributed by atoms with Crippen molar-refractivity contribution in [3.05, 3.63) is 84.2 Å². The van der Waals surface area contributed by atoms with Crippen LogP contribution in [0.1, 0.15) is 84.4 Å². The third-order valence-corrected chi connectivity index (χ3v) is 8.84. The molecule has 0 saturated carbocycles. The number of aromatic nitrogens is 1. The van der Waals surface area contributed by atoms with Gasteiger partial charge in [-0.15, -0.1) is 0 Å². The van der Waals surface area contributed by atoms with Crippen LogP contribution < -0.4 is 20.7 Å². The number of piperidine rings is 1. The lowest BCUT2D eigenvalue weighted by atomic mass is 9.97. The van der Waals surface area contributed by atoms with Gasteiger partial charge in [0.15, 0.2) is 0 Å². The maximum Gasteiger partial charge on any atom is 0.408 e. The minimum absolute atomic E-state index is 0.0127. The van der Waals surface area contributed by atoms with Gasteiger partial charge in [0.1, 0.15) is 29.0 Å². The number of amides is 4. The molecule has 3 aromatic rings. The van der Waals surface area contributed by atoms with Crippen LogP contribution in [0.3, 0.4) is 0 Å². The molecule has 4 rings (SSSR count). The topological polar surface area (TPSA) is 131 Å². The van der Waals surface area contributed by atoms with Gasteiger partial charge in [-0.1, -0.05) is 49.4 Å². The lowest BCUT2D eigenvalue weighted by Crippen LogP contribution is -2.58. The minimum atomic E-state index is -1.36. The van der Waals surface area contributed by atoms with Crippen LogP contribution in [0.2, 0.25) is 0 Å². The largest absolute Gasteiger partial charge is 0.497 e. The van der Waals surface area contributed by atoms with Crippen molar-refractivity contribution in [3.8, 4) is 5.75 Å². The van der Waals surface area contributed by atoms with Gasteiger partial charge in [0.2, 0.25) is 17.7 Å². The van der Waals surface area contributed by atoms with E-state index in [0.717, 1.165) is 30.4 Å². The summed E-state index contributed by atoms with van der Waals surface area (Å²) in [7, 11) is 1.60. The number of likely N-dealkylation sites (tertiary alicyclic amines) is 1. The van der Waals surface area contributed by atoms with Crippen LogP contribution in [0.4, 0.5) is 10.5 Å². The Bertz CT molecular complexity index is 1590. The molecule has 270 valence electrons. The van der Waals surface area contributed by atoms with Gasteiger partial charge in [-0.2, -0.15) is 0 Å². The highest BCUT2D eigenvalue weighted by molar-refractivity contribution is 5.99. The summed E-state index contributed by atoms with van der Waals surface area (Å²) in [5, 5.41) is 8.43. The van der Waals surface area contributed by atoms with E-state index in [1.165, 1.54) is 0 Å². The van der Waals surface area contributed by atoms with Crippen molar-refractivity contribution in [1.29, 1.82) is 0 Å². The fraction of sp³-hybridized carbons (Fsp3) is 0.487. The van der Waals surface area contributed by atoms with Crippen LogP contribution in [0.25, 0.3) is 0 Å². The van der Waals surface area contributed by atoms with Gasteiger partial charge in [0, 0.05) is 25.5 Å². The molecule has 1 aliphatic heterocycles. The van der Waals surface area contributed by atoms with Crippen LogP contribution in [-0.4, -0.2) is 70.7 Å². The van der Waals surface area contributed by atoms with Crippen molar-refractivity contribution in [3.63, 3.8) is 0 Å². The van der Waals surface area contributed by atoms with E-state index in [2.05, 4.69) is 22.9 Å². The zero-order valence-corrected chi connectivity index (χ0v) is 30.5. The first-order chi connectivity index (χ1) is 23.6. The molecule has 2 heterocycles. The third kappa shape index (κ3) is 10.9. The molecule has 1 saturated heterocycles. The zero-order valence-electron chi connectivity index (χ0n) is 30.5. The Kier molecular flexibility index (Phi) is 12.7. The fourth-order valence-electron chi connectivity index (χ4n) is 5.89. The Morgan fingerprint density at radius 1 is 0.920 bits per heavy atom. The predicted molar refractivity (Wildman–Crippen MR) is 194 cm³/mol. The monoisotopic (exact) mass is 687 g/mol. The first kappa shape index (κ1) is 38.0. The number of nitrogens with one attached hydrogen (secondary N) is 3. The zero-order chi connectivity index (χ0) is 36.5. The van der Waals surface area contributed by atoms with Crippen molar-refractivity contribution < 1.29 is 28.7 Å². The Morgan fingerprint density at radius 3 is 2.20 bits per heavy atom. The number of benzene rings is 2. The van der Waals surface area contributed by atoms with Crippen molar-refractivity contribution >= 4 is 29.5 Å². The molecule has 0 bridgehead atoms. The Hall–Kier alpha value is -4.80. The maximum atomic E-state index is 14.0. The number of aryl methyl sites for hydroxylation is 1. The normalized spacial score (nSPS) is 15.1. The second-order valence-electron chi connectivity index (χ2n) is 14.7. The SMILES string of the molecule is COc1ccc(C(C(=O)N2CCC(C)CC2)n2ccc(NC(=O)C(CCCc3ccccc3)NC(=O)C(C)(C)NC(=O)OC(C)(C)C)c2)cc1. The number of hydrogen-bond donors (Lipinski definition) is 3. The molecule has 0 radical (unpaired) electrons. The summed E-state index contributed by atoms with van der Waals surface area (Å²) in [5.41, 5.74) is 0.313. The first-order valence-corrected chi connectivity index (χ1v) is 17.4. The fourth-order valence-corrected chi connectivity index (χ4v) is 5.89. The van der Waals surface area contributed by atoms with Gasteiger partial charge in [0.25, 0.3) is 0 Å². The van der Waals surface area contributed by atoms with Gasteiger partial charge >= 0.3 is 6.09 Å². The smallest absolute Gasteiger partial charge is 0.408 e. The van der Waals surface area contributed by atoms with Crippen LogP contribution in [0.5, 0.6) is 5.75 Å². The summed E-state index contributed by atoms with van der Waals surface area (Å²) in [6.45, 7) is 11.9. The van der Waals surface area contributed by atoms with Crippen molar-refractivity contribution in [1.82, 2.24) is 20.1 Å². The Balaban J connectivity index is 1.53. The highest BCUT2D eigenvalue weighted by Gasteiger charge is 2.35. The predicted octanol–water partition coefficient (Wildman–Crippen LogP) is 6.09. The number of anilines is 1. The van der Waals surface area contributed by atoms with Crippen LogP contribution in [0.15, 0.2) is 73.1 Å². The second-order valence-corrected chi connectivity index (χ2v) is 14.7. The molecule has 1 aromatic heterocycles. The highest BCUT2D eigenvalue weighted by Crippen LogP contribution is 2.28. The molecule has 4 amide bonds. The molecule has 0 spiro atoms. The lowest BCUT2D eigenvalue weighted by molar-refractivity contribution is -0.135. The van der Waals surface area contributed by atoms with Gasteiger partial charge in [-0.3, -0.25) is 14.4 Å². The summed E-state index contributed by atoms with van der Waals surface area (Å²) in [6.07, 6.45) is 6.41. The number of ether oxygens (including phenoxy) is 2. The molecular formula is C39H53N5O6. The summed E-state index contributed by atoms with van der Waals surface area (Å²) < 4.78 is 12.5. The highest BCUT2D eigenvalue weighted by atomic mass is 16.6. The average molecular weight is 688 g/mol. The number of nitrogens with zero attached hydrogens (tertiary/aromatic N) is 2.